The van der Waals surface area contributed by atoms with E-state index in [1.54, 1.807) is 6.92 Å². The van der Waals surface area contributed by atoms with Gasteiger partial charge in [0.15, 0.2) is 0 Å². The van der Waals surface area contributed by atoms with Crippen LogP contribution in [0.4, 0.5) is 4.79 Å². The number of hydrogen-bond acceptors (Lipinski definition) is 3. The Balaban J connectivity index is 4.13. The molecular formula is C8H15N3O4. The third kappa shape index (κ3) is 4.84. The number of nitrogens with two attached hydrogens (primary N) is 1. The lowest BCUT2D eigenvalue weighted by atomic mass is 10.2. The van der Waals surface area contributed by atoms with Crippen LogP contribution in [0.3, 0.4) is 0 Å². The Bertz CT molecular complexity index is 267. The molecule has 0 aliphatic heterocycles. The van der Waals surface area contributed by atoms with Crippen LogP contribution in [-0.2, 0) is 9.59 Å². The van der Waals surface area contributed by atoms with Gasteiger partial charge in [0.1, 0.15) is 12.1 Å². The molecule has 0 bridgehead atoms. The van der Waals surface area contributed by atoms with Crippen molar-refractivity contribution in [3.05, 3.63) is 0 Å². The Labute approximate surface area is 87.0 Å². The van der Waals surface area contributed by atoms with Crippen molar-refractivity contribution in [2.45, 2.75) is 32.4 Å². The molecule has 0 spiro atoms. The molecular weight excluding hydrogens is 202 g/mol. The molecule has 86 valence electrons. The molecule has 0 aromatic carbocycles. The molecule has 0 aliphatic rings. The van der Waals surface area contributed by atoms with Crippen LogP contribution in [0.5, 0.6) is 0 Å². The highest BCUT2D eigenvalue weighted by atomic mass is 16.4. The highest BCUT2D eigenvalue weighted by molar-refractivity contribution is 5.87. The van der Waals surface area contributed by atoms with Crippen LogP contribution in [0.1, 0.15) is 20.3 Å². The Kier molecular flexibility index (Phi) is 5.14. The number of aliphatic carboxylic acids is 1. The second-order valence-electron chi connectivity index (χ2n) is 3.04. The van der Waals surface area contributed by atoms with Crippen molar-refractivity contribution in [2.75, 3.05) is 0 Å². The monoisotopic (exact) mass is 217 g/mol. The van der Waals surface area contributed by atoms with Gasteiger partial charge in [-0.3, -0.25) is 4.79 Å². The maximum atomic E-state index is 11.1. The molecule has 3 amide bonds. The molecule has 5 N–H and O–H groups in total. The first kappa shape index (κ1) is 13.2. The standard InChI is InChI=1S/C8H15N3O4/c1-3-5(7(13)14)11-8(15)10-4(2)6(9)12/h4-5H,3H2,1-2H3,(H2,9,12)(H,13,14)(H2,10,11,15). The molecule has 0 radical (unpaired) electrons. The molecule has 0 aliphatic carbocycles. The summed E-state index contributed by atoms with van der Waals surface area (Å²) < 4.78 is 0. The van der Waals surface area contributed by atoms with Crippen LogP contribution in [0.15, 0.2) is 0 Å². The smallest absolute Gasteiger partial charge is 0.326 e. The summed E-state index contributed by atoms with van der Waals surface area (Å²) in [6.45, 7) is 3.03. The van der Waals surface area contributed by atoms with Gasteiger partial charge in [-0.15, -0.1) is 0 Å². The molecule has 0 rings (SSSR count). The highest BCUT2D eigenvalue weighted by Gasteiger charge is 2.19. The summed E-state index contributed by atoms with van der Waals surface area (Å²) in [4.78, 5) is 32.3. The van der Waals surface area contributed by atoms with E-state index >= 15 is 0 Å². The lowest BCUT2D eigenvalue weighted by molar-refractivity contribution is -0.139. The summed E-state index contributed by atoms with van der Waals surface area (Å²) in [5.41, 5.74) is 4.91. The fourth-order valence-corrected chi connectivity index (χ4v) is 0.806. The van der Waals surface area contributed by atoms with Gasteiger partial charge in [0.05, 0.1) is 0 Å². The molecule has 0 saturated heterocycles. The normalized spacial score (nSPS) is 13.7. The van der Waals surface area contributed by atoms with E-state index in [1.807, 2.05) is 0 Å². The van der Waals surface area contributed by atoms with Crippen LogP contribution in [0, 0.1) is 0 Å². The maximum absolute atomic E-state index is 11.1. The zero-order chi connectivity index (χ0) is 12.0. The molecule has 7 heteroatoms. The van der Waals surface area contributed by atoms with E-state index in [-0.39, 0.29) is 6.42 Å². The van der Waals surface area contributed by atoms with E-state index in [9.17, 15) is 14.4 Å². The van der Waals surface area contributed by atoms with Crippen molar-refractivity contribution in [3.8, 4) is 0 Å². The third-order valence-corrected chi connectivity index (χ3v) is 1.79. The minimum Gasteiger partial charge on any atom is -0.480 e. The van der Waals surface area contributed by atoms with Gasteiger partial charge in [-0.1, -0.05) is 6.92 Å². The van der Waals surface area contributed by atoms with Crippen LogP contribution in [0.2, 0.25) is 0 Å². The van der Waals surface area contributed by atoms with Gasteiger partial charge in [0, 0.05) is 0 Å². The Morgan fingerprint density at radius 1 is 1.33 bits per heavy atom. The van der Waals surface area contributed by atoms with Crippen molar-refractivity contribution < 1.29 is 19.5 Å². The molecule has 0 aromatic rings. The number of rotatable bonds is 5. The molecule has 15 heavy (non-hydrogen) atoms. The second kappa shape index (κ2) is 5.84. The molecule has 2 unspecified atom stereocenters. The number of urea groups is 1. The van der Waals surface area contributed by atoms with Gasteiger partial charge in [-0.05, 0) is 13.3 Å². The number of carbonyl (C=O) groups excluding carboxylic acids is 2. The minimum absolute atomic E-state index is 0.258. The first-order valence-corrected chi connectivity index (χ1v) is 4.47. The van der Waals surface area contributed by atoms with Gasteiger partial charge in [-0.25, -0.2) is 9.59 Å². The van der Waals surface area contributed by atoms with E-state index in [1.165, 1.54) is 6.92 Å². The highest BCUT2D eigenvalue weighted by Crippen LogP contribution is 1.90. The van der Waals surface area contributed by atoms with Gasteiger partial charge in [0.25, 0.3) is 0 Å². The molecule has 7 nitrogen and oxygen atoms in total. The van der Waals surface area contributed by atoms with Crippen LogP contribution in [0.25, 0.3) is 0 Å². The number of amides is 3. The Morgan fingerprint density at radius 3 is 2.20 bits per heavy atom. The summed E-state index contributed by atoms with van der Waals surface area (Å²) in [7, 11) is 0. The fraction of sp³-hybridized carbons (Fsp3) is 0.625. The van der Waals surface area contributed by atoms with Crippen LogP contribution in [-0.4, -0.2) is 35.1 Å². The summed E-state index contributed by atoms with van der Waals surface area (Å²) >= 11 is 0. The van der Waals surface area contributed by atoms with Gasteiger partial charge in [-0.2, -0.15) is 0 Å². The first-order valence-electron chi connectivity index (χ1n) is 4.47. The Morgan fingerprint density at radius 2 is 1.87 bits per heavy atom. The summed E-state index contributed by atoms with van der Waals surface area (Å²) in [6, 6.07) is -2.53. The average Bonchev–Trinajstić information content (AvgIpc) is 2.13. The number of primary amides is 1. The van der Waals surface area contributed by atoms with Gasteiger partial charge in [0.2, 0.25) is 5.91 Å². The topological polar surface area (TPSA) is 122 Å². The van der Waals surface area contributed by atoms with E-state index in [0.29, 0.717) is 0 Å². The zero-order valence-corrected chi connectivity index (χ0v) is 8.61. The average molecular weight is 217 g/mol. The second-order valence-corrected chi connectivity index (χ2v) is 3.04. The van der Waals surface area contributed by atoms with Crippen molar-refractivity contribution in [1.82, 2.24) is 10.6 Å². The van der Waals surface area contributed by atoms with Crippen LogP contribution < -0.4 is 16.4 Å². The quantitative estimate of drug-likeness (QED) is 0.473. The number of carbonyl (C=O) groups is 3. The molecule has 0 saturated carbocycles. The fourth-order valence-electron chi connectivity index (χ4n) is 0.806. The number of nitrogens with one attached hydrogen (secondary N) is 2. The van der Waals surface area contributed by atoms with Crippen molar-refractivity contribution >= 4 is 17.9 Å². The molecule has 0 heterocycles. The number of hydrogen-bond donors (Lipinski definition) is 4. The van der Waals surface area contributed by atoms with E-state index in [0.717, 1.165) is 0 Å². The van der Waals surface area contributed by atoms with Gasteiger partial charge < -0.3 is 21.5 Å². The lowest BCUT2D eigenvalue weighted by Crippen LogP contribution is -2.51. The minimum atomic E-state index is -1.13. The molecule has 0 fully saturated rings. The van der Waals surface area contributed by atoms with Crippen molar-refractivity contribution in [3.63, 3.8) is 0 Å². The van der Waals surface area contributed by atoms with Crippen molar-refractivity contribution in [1.29, 1.82) is 0 Å². The van der Waals surface area contributed by atoms with Gasteiger partial charge >= 0.3 is 12.0 Å². The summed E-state index contributed by atoms with van der Waals surface area (Å²) in [5, 5.41) is 13.0. The molecule has 2 atom stereocenters. The maximum Gasteiger partial charge on any atom is 0.326 e. The lowest BCUT2D eigenvalue weighted by Gasteiger charge is -2.15. The van der Waals surface area contributed by atoms with Crippen molar-refractivity contribution in [2.24, 2.45) is 5.73 Å². The first-order chi connectivity index (χ1) is 6.88. The van der Waals surface area contributed by atoms with Crippen LogP contribution >= 0.6 is 0 Å². The number of carboxylic acid groups (broad SMARTS) is 1. The van der Waals surface area contributed by atoms with E-state index in [2.05, 4.69) is 10.6 Å². The summed E-state index contributed by atoms with van der Waals surface area (Å²) in [6.07, 6.45) is 0.258. The SMILES string of the molecule is CCC(NC(=O)NC(C)C(N)=O)C(=O)O. The summed E-state index contributed by atoms with van der Waals surface area (Å²) in [5.74, 6) is -1.81. The van der Waals surface area contributed by atoms with E-state index in [4.69, 9.17) is 10.8 Å². The predicted octanol–water partition coefficient (Wildman–Crippen LogP) is -0.977. The third-order valence-electron chi connectivity index (χ3n) is 1.79. The number of carboxylic acids is 1. The molecule has 0 aromatic heterocycles. The predicted molar refractivity (Wildman–Crippen MR) is 52.0 cm³/mol. The zero-order valence-electron chi connectivity index (χ0n) is 8.61. The Hall–Kier alpha value is -1.79. The largest absolute Gasteiger partial charge is 0.480 e. The van der Waals surface area contributed by atoms with E-state index < -0.39 is 30.0 Å².